The first-order chi connectivity index (χ1) is 13.1. The van der Waals surface area contributed by atoms with Gasteiger partial charge in [-0.05, 0) is 23.3 Å². The van der Waals surface area contributed by atoms with Gasteiger partial charge in [0.05, 0.1) is 6.61 Å². The van der Waals surface area contributed by atoms with Gasteiger partial charge in [-0.1, -0.05) is 60.7 Å². The lowest BCUT2D eigenvalue weighted by Crippen LogP contribution is -2.52. The molecule has 3 N–H and O–H groups in total. The van der Waals surface area contributed by atoms with Gasteiger partial charge in [-0.15, -0.1) is 0 Å². The van der Waals surface area contributed by atoms with E-state index in [4.69, 9.17) is 17.0 Å². The molecular formula is C19H20N4O3S. The highest BCUT2D eigenvalue weighted by Crippen LogP contribution is 2.35. The lowest BCUT2D eigenvalue weighted by atomic mass is 9.83. The smallest absolute Gasteiger partial charge is 0.344 e. The summed E-state index contributed by atoms with van der Waals surface area (Å²) in [5.74, 6) is -0.458. The number of hydrogen-bond acceptors (Lipinski definition) is 4. The van der Waals surface area contributed by atoms with Gasteiger partial charge < -0.3 is 15.4 Å². The van der Waals surface area contributed by atoms with Crippen molar-refractivity contribution in [3.8, 4) is 0 Å². The van der Waals surface area contributed by atoms with Crippen LogP contribution in [0.2, 0.25) is 0 Å². The Morgan fingerprint density at radius 3 is 2.15 bits per heavy atom. The average molecular weight is 384 g/mol. The zero-order valence-corrected chi connectivity index (χ0v) is 15.6. The highest BCUT2D eigenvalue weighted by atomic mass is 32.1. The summed E-state index contributed by atoms with van der Waals surface area (Å²) >= 11 is 5.17. The standard InChI is InChI=1S/C19H20N4O3S/c1-26-13-12-20-17(27)22-23-16(24)19(21-18(23)25,14-8-4-2-5-9-14)15-10-6-3-7-11-15/h2-11H,12-13H2,1H3,(H,21,25)(H2,20,22,27). The van der Waals surface area contributed by atoms with E-state index in [0.717, 1.165) is 5.01 Å². The number of rotatable bonds is 6. The molecule has 0 bridgehead atoms. The minimum absolute atomic E-state index is 0.160. The average Bonchev–Trinajstić information content (AvgIpc) is 2.95. The van der Waals surface area contributed by atoms with Crippen LogP contribution in [-0.4, -0.2) is 42.3 Å². The summed E-state index contributed by atoms with van der Waals surface area (Å²) in [6.45, 7) is 0.897. The van der Waals surface area contributed by atoms with Crippen molar-refractivity contribution >= 4 is 29.3 Å². The van der Waals surface area contributed by atoms with Crippen LogP contribution in [0.5, 0.6) is 0 Å². The summed E-state index contributed by atoms with van der Waals surface area (Å²) in [4.78, 5) is 26.0. The van der Waals surface area contributed by atoms with E-state index in [0.29, 0.717) is 24.3 Å². The number of urea groups is 1. The molecule has 1 saturated heterocycles. The first kappa shape index (κ1) is 18.8. The Morgan fingerprint density at radius 2 is 1.63 bits per heavy atom. The quantitative estimate of drug-likeness (QED) is 0.398. The summed E-state index contributed by atoms with van der Waals surface area (Å²) < 4.78 is 4.94. The molecule has 27 heavy (non-hydrogen) atoms. The monoisotopic (exact) mass is 384 g/mol. The first-order valence-electron chi connectivity index (χ1n) is 8.41. The number of thiocarbonyl (C=S) groups is 1. The molecule has 0 aliphatic carbocycles. The predicted molar refractivity (Wildman–Crippen MR) is 105 cm³/mol. The van der Waals surface area contributed by atoms with E-state index < -0.39 is 17.5 Å². The van der Waals surface area contributed by atoms with Crippen molar-refractivity contribution in [2.45, 2.75) is 5.54 Å². The van der Waals surface area contributed by atoms with Crippen LogP contribution in [0.4, 0.5) is 4.79 Å². The van der Waals surface area contributed by atoms with Crippen molar-refractivity contribution in [2.24, 2.45) is 0 Å². The number of benzene rings is 2. The van der Waals surface area contributed by atoms with E-state index in [1.54, 1.807) is 7.11 Å². The van der Waals surface area contributed by atoms with Gasteiger partial charge in [0.2, 0.25) is 0 Å². The summed E-state index contributed by atoms with van der Waals surface area (Å²) in [5.41, 5.74) is 2.67. The van der Waals surface area contributed by atoms with Crippen molar-refractivity contribution in [1.29, 1.82) is 0 Å². The van der Waals surface area contributed by atoms with E-state index in [1.165, 1.54) is 0 Å². The topological polar surface area (TPSA) is 82.7 Å². The number of carbonyl (C=O) groups is 2. The van der Waals surface area contributed by atoms with Crippen LogP contribution in [0.25, 0.3) is 0 Å². The number of ether oxygens (including phenoxy) is 1. The number of hydrogen-bond donors (Lipinski definition) is 3. The molecule has 0 radical (unpaired) electrons. The maximum atomic E-state index is 13.4. The minimum Gasteiger partial charge on any atom is -0.383 e. The number of nitrogens with one attached hydrogen (secondary N) is 3. The molecule has 1 heterocycles. The second-order valence-electron chi connectivity index (χ2n) is 5.91. The van der Waals surface area contributed by atoms with E-state index in [2.05, 4.69) is 16.1 Å². The van der Waals surface area contributed by atoms with Gasteiger partial charge in [0.15, 0.2) is 10.7 Å². The van der Waals surface area contributed by atoms with E-state index in [1.807, 2.05) is 60.7 Å². The Balaban J connectivity index is 1.93. The van der Waals surface area contributed by atoms with Crippen molar-refractivity contribution in [3.05, 3.63) is 71.8 Å². The Kier molecular flexibility index (Phi) is 5.68. The normalized spacial score (nSPS) is 15.4. The van der Waals surface area contributed by atoms with Crippen LogP contribution >= 0.6 is 12.2 Å². The largest absolute Gasteiger partial charge is 0.383 e. The molecule has 0 atom stereocenters. The van der Waals surface area contributed by atoms with Gasteiger partial charge in [-0.2, -0.15) is 5.01 Å². The SMILES string of the molecule is COCCNC(=S)NN1C(=O)NC(c2ccccc2)(c2ccccc2)C1=O. The number of hydrazine groups is 1. The number of methoxy groups -OCH3 is 1. The van der Waals surface area contributed by atoms with Crippen molar-refractivity contribution in [1.82, 2.24) is 21.1 Å². The lowest BCUT2D eigenvalue weighted by molar-refractivity contribution is -0.131. The molecule has 140 valence electrons. The Bertz CT molecular complexity index is 790. The lowest BCUT2D eigenvalue weighted by Gasteiger charge is -2.28. The van der Waals surface area contributed by atoms with Crippen LogP contribution < -0.4 is 16.1 Å². The fourth-order valence-electron chi connectivity index (χ4n) is 2.97. The summed E-state index contributed by atoms with van der Waals surface area (Å²) in [6.07, 6.45) is 0. The Labute approximate surface area is 162 Å². The molecule has 1 aliphatic heterocycles. The Hall–Kier alpha value is -2.97. The zero-order chi connectivity index (χ0) is 19.3. The van der Waals surface area contributed by atoms with Crippen LogP contribution in [0.15, 0.2) is 60.7 Å². The summed E-state index contributed by atoms with van der Waals surface area (Å²) in [6, 6.07) is 17.7. The fourth-order valence-corrected chi connectivity index (χ4v) is 3.17. The third kappa shape index (κ3) is 3.62. The van der Waals surface area contributed by atoms with Crippen molar-refractivity contribution in [3.63, 3.8) is 0 Å². The molecule has 0 aromatic heterocycles. The van der Waals surface area contributed by atoms with Gasteiger partial charge in [0, 0.05) is 13.7 Å². The van der Waals surface area contributed by atoms with Crippen LogP contribution in [0.1, 0.15) is 11.1 Å². The second-order valence-corrected chi connectivity index (χ2v) is 6.32. The van der Waals surface area contributed by atoms with Gasteiger partial charge in [-0.25, -0.2) is 4.79 Å². The van der Waals surface area contributed by atoms with Crippen LogP contribution in [-0.2, 0) is 15.1 Å². The number of nitrogens with zero attached hydrogens (tertiary/aromatic N) is 1. The number of imide groups is 1. The maximum Gasteiger partial charge on any atom is 0.344 e. The molecule has 1 aliphatic rings. The van der Waals surface area contributed by atoms with E-state index >= 15 is 0 Å². The second kappa shape index (κ2) is 8.15. The molecule has 2 aromatic rings. The molecule has 0 spiro atoms. The van der Waals surface area contributed by atoms with Crippen molar-refractivity contribution < 1.29 is 14.3 Å². The highest BCUT2D eigenvalue weighted by Gasteiger charge is 2.54. The molecule has 3 rings (SSSR count). The molecule has 8 heteroatoms. The maximum absolute atomic E-state index is 13.4. The highest BCUT2D eigenvalue weighted by molar-refractivity contribution is 7.80. The third-order valence-electron chi connectivity index (χ3n) is 4.24. The molecule has 1 fully saturated rings. The van der Waals surface area contributed by atoms with Gasteiger partial charge in [0.25, 0.3) is 5.91 Å². The van der Waals surface area contributed by atoms with Crippen LogP contribution in [0.3, 0.4) is 0 Å². The predicted octanol–water partition coefficient (Wildman–Crippen LogP) is 1.51. The van der Waals surface area contributed by atoms with Crippen molar-refractivity contribution in [2.75, 3.05) is 20.3 Å². The number of amides is 3. The summed E-state index contributed by atoms with van der Waals surface area (Å²) in [5, 5.41) is 6.78. The molecule has 0 saturated carbocycles. The molecule has 3 amide bonds. The van der Waals surface area contributed by atoms with Gasteiger partial charge >= 0.3 is 6.03 Å². The van der Waals surface area contributed by atoms with E-state index in [-0.39, 0.29) is 5.11 Å². The molecular weight excluding hydrogens is 364 g/mol. The zero-order valence-electron chi connectivity index (χ0n) is 14.8. The molecule has 2 aromatic carbocycles. The van der Waals surface area contributed by atoms with Gasteiger partial charge in [-0.3, -0.25) is 10.2 Å². The molecule has 7 nitrogen and oxygen atoms in total. The van der Waals surface area contributed by atoms with Crippen LogP contribution in [0, 0.1) is 0 Å². The molecule has 0 unspecified atom stereocenters. The summed E-state index contributed by atoms with van der Waals surface area (Å²) in [7, 11) is 1.57. The Morgan fingerprint density at radius 1 is 1.07 bits per heavy atom. The first-order valence-corrected chi connectivity index (χ1v) is 8.81. The van der Waals surface area contributed by atoms with Gasteiger partial charge in [0.1, 0.15) is 0 Å². The number of carbonyl (C=O) groups excluding carboxylic acids is 2. The minimum atomic E-state index is -1.32. The third-order valence-corrected chi connectivity index (χ3v) is 4.48. The van der Waals surface area contributed by atoms with E-state index in [9.17, 15) is 9.59 Å². The fraction of sp³-hybridized carbons (Fsp3) is 0.211.